The molecule has 1 aliphatic heterocycles. The Morgan fingerprint density at radius 1 is 0.838 bits per heavy atom. The van der Waals surface area contributed by atoms with Gasteiger partial charge in [-0.25, -0.2) is 0 Å². The monoisotopic (exact) mass is 514 g/mol. The molecular formula is C33H42N2OS. The average Bonchev–Trinajstić information content (AvgIpc) is 3.31. The number of nitrogens with one attached hydrogen (secondary N) is 2. The predicted molar refractivity (Wildman–Crippen MR) is 159 cm³/mol. The molecule has 2 atom stereocenters. The first-order chi connectivity index (χ1) is 17.5. The number of ether oxygens (including phenoxy) is 1. The molecule has 2 N–H and O–H groups in total. The molecule has 4 rings (SSSR count). The second-order valence-corrected chi connectivity index (χ2v) is 12.7. The largest absolute Gasteiger partial charge is 0.466 e. The van der Waals surface area contributed by atoms with E-state index < -0.39 is 0 Å². The van der Waals surface area contributed by atoms with Crippen LogP contribution < -0.4 is 10.6 Å². The van der Waals surface area contributed by atoms with Crippen LogP contribution >= 0.6 is 12.2 Å². The van der Waals surface area contributed by atoms with E-state index in [9.17, 15) is 0 Å². The quantitative estimate of drug-likeness (QED) is 0.340. The first-order valence-electron chi connectivity index (χ1n) is 13.4. The molecule has 1 fully saturated rings. The molecule has 3 aromatic rings. The highest BCUT2D eigenvalue weighted by molar-refractivity contribution is 7.80. The van der Waals surface area contributed by atoms with E-state index in [0.29, 0.717) is 11.7 Å². The molecule has 0 radical (unpaired) electrons. The van der Waals surface area contributed by atoms with Crippen LogP contribution in [-0.4, -0.2) is 23.9 Å². The number of hydrogen-bond acceptors (Lipinski definition) is 3. The summed E-state index contributed by atoms with van der Waals surface area (Å²) in [7, 11) is 0. The summed E-state index contributed by atoms with van der Waals surface area (Å²) in [5, 5.41) is 7.48. The van der Waals surface area contributed by atoms with Gasteiger partial charge in [-0.05, 0) is 50.9 Å². The van der Waals surface area contributed by atoms with Gasteiger partial charge in [0.25, 0.3) is 5.17 Å². The Kier molecular flexibility index (Phi) is 8.40. The van der Waals surface area contributed by atoms with Crippen molar-refractivity contribution in [1.82, 2.24) is 10.6 Å². The van der Waals surface area contributed by atoms with Gasteiger partial charge in [0.1, 0.15) is 6.10 Å². The molecular weight excluding hydrogens is 472 g/mol. The normalized spacial score (nSPS) is 18.1. The zero-order valence-corrected chi connectivity index (χ0v) is 24.0. The van der Waals surface area contributed by atoms with Crippen LogP contribution in [0.1, 0.15) is 81.7 Å². The van der Waals surface area contributed by atoms with Crippen LogP contribution in [-0.2, 0) is 22.1 Å². The van der Waals surface area contributed by atoms with Crippen LogP contribution in [0.5, 0.6) is 0 Å². The zero-order valence-electron chi connectivity index (χ0n) is 23.2. The molecule has 0 amide bonds. The molecule has 3 aromatic carbocycles. The Balaban J connectivity index is 1.50. The van der Waals surface area contributed by atoms with Gasteiger partial charge in [0, 0.05) is 31.5 Å². The van der Waals surface area contributed by atoms with Gasteiger partial charge < -0.3 is 15.4 Å². The fraction of sp³-hybridized carbons (Fsp3) is 0.424. The van der Waals surface area contributed by atoms with Crippen LogP contribution in [0.2, 0.25) is 0 Å². The molecule has 1 heterocycles. The van der Waals surface area contributed by atoms with Crippen molar-refractivity contribution in [1.29, 1.82) is 0 Å². The van der Waals surface area contributed by atoms with Gasteiger partial charge in [-0.15, -0.1) is 0 Å². The van der Waals surface area contributed by atoms with E-state index in [1.807, 2.05) is 18.2 Å². The molecule has 1 saturated heterocycles. The van der Waals surface area contributed by atoms with E-state index in [2.05, 4.69) is 113 Å². The van der Waals surface area contributed by atoms with Gasteiger partial charge in [-0.2, -0.15) is 0 Å². The van der Waals surface area contributed by atoms with Crippen molar-refractivity contribution < 1.29 is 4.74 Å². The summed E-state index contributed by atoms with van der Waals surface area (Å²) in [6, 6.07) is 28.9. The molecule has 0 aromatic heterocycles. The molecule has 0 bridgehead atoms. The fourth-order valence-electron chi connectivity index (χ4n) is 5.08. The van der Waals surface area contributed by atoms with Gasteiger partial charge in [-0.3, -0.25) is 0 Å². The van der Waals surface area contributed by atoms with Crippen molar-refractivity contribution in [3.8, 4) is 0 Å². The smallest absolute Gasteiger partial charge is 0.257 e. The standard InChI is InChI=1S/C33H42N2OS/c1-32(2,3)26-16-12-24(13-17-26)30(25-14-18-27(19-15-25)33(4,5)6)29-20-28(22-34-29)36-31(37)35-21-23-10-8-7-9-11-23/h7-19,28-30,34H,20-22H2,1-6H3,(H,35,37). The summed E-state index contributed by atoms with van der Waals surface area (Å²) in [6.45, 7) is 15.0. The minimum Gasteiger partial charge on any atom is -0.466 e. The van der Waals surface area contributed by atoms with Crippen LogP contribution in [0.3, 0.4) is 0 Å². The van der Waals surface area contributed by atoms with E-state index in [4.69, 9.17) is 17.0 Å². The van der Waals surface area contributed by atoms with E-state index in [-0.39, 0.29) is 28.9 Å². The molecule has 4 heteroatoms. The van der Waals surface area contributed by atoms with E-state index in [1.165, 1.54) is 27.8 Å². The topological polar surface area (TPSA) is 33.3 Å². The number of rotatable bonds is 6. The molecule has 3 nitrogen and oxygen atoms in total. The lowest BCUT2D eigenvalue weighted by atomic mass is 9.80. The van der Waals surface area contributed by atoms with E-state index in [1.54, 1.807) is 0 Å². The molecule has 196 valence electrons. The summed E-state index contributed by atoms with van der Waals surface area (Å²) < 4.78 is 6.17. The first-order valence-corrected chi connectivity index (χ1v) is 13.8. The Morgan fingerprint density at radius 2 is 1.35 bits per heavy atom. The van der Waals surface area contributed by atoms with Crippen molar-refractivity contribution in [3.63, 3.8) is 0 Å². The third kappa shape index (κ3) is 7.21. The van der Waals surface area contributed by atoms with Crippen molar-refractivity contribution in [2.75, 3.05) is 6.54 Å². The van der Waals surface area contributed by atoms with Crippen molar-refractivity contribution in [2.24, 2.45) is 0 Å². The molecule has 0 saturated carbocycles. The van der Waals surface area contributed by atoms with Gasteiger partial charge in [0.05, 0.1) is 0 Å². The lowest BCUT2D eigenvalue weighted by Gasteiger charge is -2.27. The predicted octanol–water partition coefficient (Wildman–Crippen LogP) is 7.24. The summed E-state index contributed by atoms with van der Waals surface area (Å²) in [5.74, 6) is 0.238. The third-order valence-electron chi connectivity index (χ3n) is 7.35. The number of hydrogen-bond donors (Lipinski definition) is 2. The minimum absolute atomic E-state index is 0.0472. The highest BCUT2D eigenvalue weighted by Gasteiger charge is 2.34. The molecule has 37 heavy (non-hydrogen) atoms. The van der Waals surface area contributed by atoms with Gasteiger partial charge in [0.2, 0.25) is 0 Å². The van der Waals surface area contributed by atoms with Crippen LogP contribution in [0, 0.1) is 0 Å². The van der Waals surface area contributed by atoms with E-state index >= 15 is 0 Å². The zero-order chi connectivity index (χ0) is 26.6. The Bertz CT molecular complexity index is 1100. The maximum atomic E-state index is 6.17. The highest BCUT2D eigenvalue weighted by Crippen LogP contribution is 2.35. The molecule has 2 unspecified atom stereocenters. The van der Waals surface area contributed by atoms with Crippen molar-refractivity contribution in [3.05, 3.63) is 107 Å². The van der Waals surface area contributed by atoms with Crippen LogP contribution in [0.25, 0.3) is 0 Å². The average molecular weight is 515 g/mol. The Labute approximate surface area is 229 Å². The lowest BCUT2D eigenvalue weighted by molar-refractivity contribution is 0.201. The molecule has 0 spiro atoms. The van der Waals surface area contributed by atoms with Gasteiger partial charge >= 0.3 is 0 Å². The van der Waals surface area contributed by atoms with Gasteiger partial charge in [0.15, 0.2) is 0 Å². The van der Waals surface area contributed by atoms with Crippen molar-refractivity contribution >= 4 is 17.4 Å². The maximum absolute atomic E-state index is 6.17. The number of thiocarbonyl (C=S) groups is 1. The Morgan fingerprint density at radius 3 is 1.84 bits per heavy atom. The SMILES string of the molecule is CC(C)(C)c1ccc(C(c2ccc(C(C)(C)C)cc2)C2CC(OC(=S)NCc3ccccc3)CN2)cc1. The Hall–Kier alpha value is -2.69. The third-order valence-corrected chi connectivity index (χ3v) is 7.59. The summed E-state index contributed by atoms with van der Waals surface area (Å²) in [5.41, 5.74) is 6.83. The van der Waals surface area contributed by atoms with Gasteiger partial charge in [-0.1, -0.05) is 120 Å². The second kappa shape index (κ2) is 11.4. The lowest BCUT2D eigenvalue weighted by Crippen LogP contribution is -2.30. The van der Waals surface area contributed by atoms with Crippen molar-refractivity contribution in [2.45, 2.75) is 83.4 Å². The van der Waals surface area contributed by atoms with E-state index in [0.717, 1.165) is 13.0 Å². The van der Waals surface area contributed by atoms with Crippen LogP contribution in [0.4, 0.5) is 0 Å². The highest BCUT2D eigenvalue weighted by atomic mass is 32.1. The van der Waals surface area contributed by atoms with Crippen LogP contribution in [0.15, 0.2) is 78.9 Å². The number of benzene rings is 3. The second-order valence-electron chi connectivity index (χ2n) is 12.3. The summed E-state index contributed by atoms with van der Waals surface area (Å²) >= 11 is 5.52. The fourth-order valence-corrected chi connectivity index (χ4v) is 5.29. The molecule has 1 aliphatic rings. The first kappa shape index (κ1) is 27.3. The summed E-state index contributed by atoms with van der Waals surface area (Å²) in [4.78, 5) is 0. The summed E-state index contributed by atoms with van der Waals surface area (Å²) in [6.07, 6.45) is 0.950. The molecule has 0 aliphatic carbocycles. The maximum Gasteiger partial charge on any atom is 0.257 e. The minimum atomic E-state index is 0.0472.